The van der Waals surface area contributed by atoms with Crippen molar-refractivity contribution < 1.29 is 9.59 Å². The van der Waals surface area contributed by atoms with Crippen LogP contribution in [0.1, 0.15) is 37.7 Å². The van der Waals surface area contributed by atoms with Crippen LogP contribution in [0.3, 0.4) is 0 Å². The highest BCUT2D eigenvalue weighted by atomic mass is 32.2. The van der Waals surface area contributed by atoms with Crippen molar-refractivity contribution in [2.75, 3.05) is 11.1 Å². The average molecular weight is 490 g/mol. The molecule has 1 heterocycles. The third kappa shape index (κ3) is 5.59. The lowest BCUT2D eigenvalue weighted by atomic mass is 9.95. The van der Waals surface area contributed by atoms with Gasteiger partial charge in [-0.2, -0.15) is 0 Å². The molecule has 0 atom stereocenters. The first-order chi connectivity index (χ1) is 16.6. The molecule has 0 unspecified atom stereocenters. The molecule has 7 heteroatoms. The smallest absolute Gasteiger partial charge is 0.230 e. The number of benzene rings is 3. The summed E-state index contributed by atoms with van der Waals surface area (Å²) in [6.07, 6.45) is 6.18. The fourth-order valence-corrected chi connectivity index (χ4v) is 6.43. The fraction of sp³-hybridized carbons (Fsp3) is 0.296. The van der Waals surface area contributed by atoms with Crippen LogP contribution in [0.5, 0.6) is 0 Å². The normalized spacial score (nSPS) is 14.4. The maximum Gasteiger partial charge on any atom is 0.230 e. The van der Waals surface area contributed by atoms with Gasteiger partial charge in [0.05, 0.1) is 22.4 Å². The second kappa shape index (κ2) is 10.6. The molecule has 1 aromatic heterocycles. The van der Waals surface area contributed by atoms with E-state index >= 15 is 0 Å². The van der Waals surface area contributed by atoms with Gasteiger partial charge >= 0.3 is 0 Å². The summed E-state index contributed by atoms with van der Waals surface area (Å²) in [6, 6.07) is 20.3. The summed E-state index contributed by atoms with van der Waals surface area (Å²) >= 11 is 3.03. The van der Waals surface area contributed by atoms with Gasteiger partial charge in [-0.25, -0.2) is 4.98 Å². The SMILES string of the molecule is O=C(Cc1cccc2ccccc12)Nc1ccc2nc(SCC(=O)NC3CCCCC3)sc2c1. The molecule has 174 valence electrons. The number of carbonyl (C=O) groups is 2. The molecule has 4 aromatic rings. The monoisotopic (exact) mass is 489 g/mol. The van der Waals surface area contributed by atoms with Gasteiger partial charge in [0.2, 0.25) is 11.8 Å². The molecule has 1 saturated carbocycles. The van der Waals surface area contributed by atoms with Crippen LogP contribution in [0.15, 0.2) is 65.0 Å². The Hall–Kier alpha value is -2.90. The number of hydrogen-bond acceptors (Lipinski definition) is 5. The van der Waals surface area contributed by atoms with Crippen LogP contribution >= 0.6 is 23.1 Å². The molecule has 1 aliphatic rings. The minimum atomic E-state index is -0.0470. The van der Waals surface area contributed by atoms with Gasteiger partial charge in [0.25, 0.3) is 0 Å². The predicted molar refractivity (Wildman–Crippen MR) is 142 cm³/mol. The van der Waals surface area contributed by atoms with Gasteiger partial charge in [0.1, 0.15) is 0 Å². The van der Waals surface area contributed by atoms with Crippen molar-refractivity contribution in [3.05, 3.63) is 66.2 Å². The molecule has 5 rings (SSSR count). The van der Waals surface area contributed by atoms with Crippen LogP contribution in [0.25, 0.3) is 21.0 Å². The van der Waals surface area contributed by atoms with E-state index in [0.29, 0.717) is 18.2 Å². The van der Waals surface area contributed by atoms with Crippen molar-refractivity contribution in [3.63, 3.8) is 0 Å². The molecule has 1 aliphatic carbocycles. The Kier molecular flexibility index (Phi) is 7.11. The number of nitrogens with zero attached hydrogens (tertiary/aromatic N) is 1. The lowest BCUT2D eigenvalue weighted by Crippen LogP contribution is -2.37. The first-order valence-corrected chi connectivity index (χ1v) is 13.5. The summed E-state index contributed by atoms with van der Waals surface area (Å²) in [4.78, 5) is 29.7. The van der Waals surface area contributed by atoms with Crippen LogP contribution in [-0.4, -0.2) is 28.6 Å². The van der Waals surface area contributed by atoms with Crippen LogP contribution in [0, 0.1) is 0 Å². The summed E-state index contributed by atoms with van der Waals surface area (Å²) in [5, 5.41) is 8.41. The molecule has 0 bridgehead atoms. The minimum Gasteiger partial charge on any atom is -0.353 e. The van der Waals surface area contributed by atoms with Gasteiger partial charge in [-0.05, 0) is 47.4 Å². The lowest BCUT2D eigenvalue weighted by Gasteiger charge is -2.22. The van der Waals surface area contributed by atoms with Crippen molar-refractivity contribution in [1.29, 1.82) is 0 Å². The molecule has 0 radical (unpaired) electrons. The summed E-state index contributed by atoms with van der Waals surface area (Å²) in [7, 11) is 0. The zero-order chi connectivity index (χ0) is 23.3. The van der Waals surface area contributed by atoms with E-state index in [-0.39, 0.29) is 11.8 Å². The average Bonchev–Trinajstić information content (AvgIpc) is 3.26. The number of thioether (sulfide) groups is 1. The van der Waals surface area contributed by atoms with Crippen LogP contribution in [0.4, 0.5) is 5.69 Å². The molecule has 0 saturated heterocycles. The van der Waals surface area contributed by atoms with Crippen molar-refractivity contribution in [2.45, 2.75) is 48.9 Å². The van der Waals surface area contributed by atoms with Crippen molar-refractivity contribution in [1.82, 2.24) is 10.3 Å². The number of hydrogen-bond donors (Lipinski definition) is 2. The number of fused-ring (bicyclic) bond motifs is 2. The Labute approximate surface area is 207 Å². The zero-order valence-corrected chi connectivity index (χ0v) is 20.5. The summed E-state index contributed by atoms with van der Waals surface area (Å²) in [6.45, 7) is 0. The van der Waals surface area contributed by atoms with E-state index in [0.717, 1.165) is 49.4 Å². The fourth-order valence-electron chi connectivity index (χ4n) is 4.51. The zero-order valence-electron chi connectivity index (χ0n) is 18.9. The maximum absolute atomic E-state index is 12.7. The largest absolute Gasteiger partial charge is 0.353 e. The van der Waals surface area contributed by atoms with Gasteiger partial charge in [0.15, 0.2) is 4.34 Å². The number of nitrogens with one attached hydrogen (secondary N) is 2. The number of carbonyl (C=O) groups excluding carboxylic acids is 2. The number of aromatic nitrogens is 1. The molecular formula is C27H27N3O2S2. The van der Waals surface area contributed by atoms with Crippen molar-refractivity contribution >= 4 is 61.6 Å². The maximum atomic E-state index is 12.7. The second-order valence-electron chi connectivity index (χ2n) is 8.72. The molecule has 2 amide bonds. The van der Waals surface area contributed by atoms with E-state index in [2.05, 4.69) is 33.8 Å². The van der Waals surface area contributed by atoms with Gasteiger partial charge < -0.3 is 10.6 Å². The van der Waals surface area contributed by atoms with E-state index in [1.54, 1.807) is 11.3 Å². The van der Waals surface area contributed by atoms with Crippen LogP contribution < -0.4 is 10.6 Å². The Morgan fingerprint density at radius 1 is 0.971 bits per heavy atom. The molecule has 0 aliphatic heterocycles. The molecule has 3 aromatic carbocycles. The minimum absolute atomic E-state index is 0.0470. The van der Waals surface area contributed by atoms with Crippen LogP contribution in [0.2, 0.25) is 0 Å². The van der Waals surface area contributed by atoms with Gasteiger partial charge in [0, 0.05) is 11.7 Å². The lowest BCUT2D eigenvalue weighted by molar-refractivity contribution is -0.119. The summed E-state index contributed by atoms with van der Waals surface area (Å²) in [5.74, 6) is 0.414. The highest BCUT2D eigenvalue weighted by Crippen LogP contribution is 2.31. The van der Waals surface area contributed by atoms with E-state index in [9.17, 15) is 9.59 Å². The topological polar surface area (TPSA) is 71.1 Å². The third-order valence-electron chi connectivity index (χ3n) is 6.18. The first kappa shape index (κ1) is 22.9. The summed E-state index contributed by atoms with van der Waals surface area (Å²) in [5.41, 5.74) is 2.65. The molecular weight excluding hydrogens is 462 g/mol. The molecule has 5 nitrogen and oxygen atoms in total. The van der Waals surface area contributed by atoms with Gasteiger partial charge in [-0.3, -0.25) is 9.59 Å². The van der Waals surface area contributed by atoms with Crippen LogP contribution in [-0.2, 0) is 16.0 Å². The Morgan fingerprint density at radius 3 is 2.68 bits per heavy atom. The number of amides is 2. The standard InChI is InChI=1S/C27H27N3O2S2/c31-25(15-19-9-6-8-18-7-4-5-12-22(18)19)29-21-13-14-23-24(16-21)34-27(30-23)33-17-26(32)28-20-10-2-1-3-11-20/h4-9,12-14,16,20H,1-3,10-11,15,17H2,(H,28,32)(H,29,31). The van der Waals surface area contributed by atoms with E-state index in [1.807, 2.05) is 42.5 Å². The Morgan fingerprint density at radius 2 is 1.79 bits per heavy atom. The van der Waals surface area contributed by atoms with E-state index in [1.165, 1.54) is 31.0 Å². The second-order valence-corrected chi connectivity index (χ2v) is 11.0. The highest BCUT2D eigenvalue weighted by Gasteiger charge is 2.16. The van der Waals surface area contributed by atoms with E-state index < -0.39 is 0 Å². The van der Waals surface area contributed by atoms with Gasteiger partial charge in [-0.1, -0.05) is 73.5 Å². The Bertz CT molecular complexity index is 1320. The number of thiazole rings is 1. The van der Waals surface area contributed by atoms with Crippen molar-refractivity contribution in [3.8, 4) is 0 Å². The van der Waals surface area contributed by atoms with Crippen molar-refractivity contribution in [2.24, 2.45) is 0 Å². The quantitative estimate of drug-likeness (QED) is 0.305. The third-order valence-corrected chi connectivity index (χ3v) is 8.34. The molecule has 2 N–H and O–H groups in total. The molecule has 34 heavy (non-hydrogen) atoms. The summed E-state index contributed by atoms with van der Waals surface area (Å²) < 4.78 is 1.87. The first-order valence-electron chi connectivity index (χ1n) is 11.7. The molecule has 1 fully saturated rings. The predicted octanol–water partition coefficient (Wildman–Crippen LogP) is 6.17. The number of rotatable bonds is 7. The highest BCUT2D eigenvalue weighted by molar-refractivity contribution is 8.01. The number of anilines is 1. The molecule has 0 spiro atoms. The Balaban J connectivity index is 1.19. The van der Waals surface area contributed by atoms with E-state index in [4.69, 9.17) is 0 Å². The van der Waals surface area contributed by atoms with Gasteiger partial charge in [-0.15, -0.1) is 11.3 Å².